The van der Waals surface area contributed by atoms with Gasteiger partial charge in [0.05, 0.1) is 19.8 Å². The Kier molecular flexibility index (Phi) is 5.90. The molecule has 5 heteroatoms. The van der Waals surface area contributed by atoms with Crippen molar-refractivity contribution in [2.24, 2.45) is 0 Å². The number of carbonyl (C=O) groups excluding carboxylic acids is 1. The SMILES string of the molecule is COc1ccc(/C=C/C(=O)c2c(-c3ccccc3)c3cc(C)ccc3[nH]c2=O)cc1OC. The molecule has 0 aliphatic carbocycles. The summed E-state index contributed by atoms with van der Waals surface area (Å²) in [5.41, 5.74) is 3.64. The van der Waals surface area contributed by atoms with Crippen LogP contribution in [0.1, 0.15) is 21.5 Å². The van der Waals surface area contributed by atoms with Gasteiger partial charge in [0.1, 0.15) is 0 Å². The molecule has 1 heterocycles. The zero-order chi connectivity index (χ0) is 22.7. The minimum atomic E-state index is -0.415. The van der Waals surface area contributed by atoms with E-state index in [1.807, 2.05) is 61.5 Å². The van der Waals surface area contributed by atoms with Gasteiger partial charge in [-0.25, -0.2) is 0 Å². The lowest BCUT2D eigenvalue weighted by molar-refractivity contribution is 0.104. The summed E-state index contributed by atoms with van der Waals surface area (Å²) in [4.78, 5) is 29.1. The number of aromatic amines is 1. The van der Waals surface area contributed by atoms with E-state index in [4.69, 9.17) is 9.47 Å². The smallest absolute Gasteiger partial charge is 0.260 e. The summed E-state index contributed by atoms with van der Waals surface area (Å²) < 4.78 is 10.6. The highest BCUT2D eigenvalue weighted by molar-refractivity contribution is 6.15. The van der Waals surface area contributed by atoms with Gasteiger partial charge in [-0.2, -0.15) is 0 Å². The molecule has 0 fully saturated rings. The number of allylic oxidation sites excluding steroid dienone is 1. The molecule has 1 N–H and O–H groups in total. The lowest BCUT2D eigenvalue weighted by Gasteiger charge is -2.12. The van der Waals surface area contributed by atoms with Crippen molar-refractivity contribution in [3.63, 3.8) is 0 Å². The van der Waals surface area contributed by atoms with Crippen LogP contribution in [0.4, 0.5) is 0 Å². The number of benzene rings is 3. The fourth-order valence-corrected chi connectivity index (χ4v) is 3.76. The van der Waals surface area contributed by atoms with Gasteiger partial charge in [0, 0.05) is 16.5 Å². The molecule has 4 aromatic rings. The molecule has 0 unspecified atom stereocenters. The Balaban J connectivity index is 1.85. The van der Waals surface area contributed by atoms with Crippen LogP contribution in [0.15, 0.2) is 77.6 Å². The Morgan fingerprint density at radius 1 is 0.906 bits per heavy atom. The third kappa shape index (κ3) is 4.05. The van der Waals surface area contributed by atoms with Gasteiger partial charge in [0.2, 0.25) is 0 Å². The van der Waals surface area contributed by atoms with E-state index >= 15 is 0 Å². The minimum Gasteiger partial charge on any atom is -0.493 e. The second-order valence-electron chi connectivity index (χ2n) is 7.43. The molecule has 0 atom stereocenters. The van der Waals surface area contributed by atoms with Crippen molar-refractivity contribution in [2.75, 3.05) is 14.2 Å². The van der Waals surface area contributed by atoms with Crippen LogP contribution in [-0.2, 0) is 0 Å². The fourth-order valence-electron chi connectivity index (χ4n) is 3.76. The van der Waals surface area contributed by atoms with Gasteiger partial charge in [0.25, 0.3) is 5.56 Å². The lowest BCUT2D eigenvalue weighted by Crippen LogP contribution is -2.18. The molecule has 0 amide bonds. The first-order valence-corrected chi connectivity index (χ1v) is 10.2. The number of aromatic nitrogens is 1. The Bertz CT molecular complexity index is 1380. The van der Waals surface area contributed by atoms with E-state index in [0.717, 1.165) is 22.1 Å². The van der Waals surface area contributed by atoms with E-state index in [1.54, 1.807) is 32.4 Å². The second-order valence-corrected chi connectivity index (χ2v) is 7.43. The quantitative estimate of drug-likeness (QED) is 0.331. The number of aryl methyl sites for hydroxylation is 1. The van der Waals surface area contributed by atoms with E-state index in [2.05, 4.69) is 4.98 Å². The van der Waals surface area contributed by atoms with Crippen LogP contribution < -0.4 is 15.0 Å². The maximum absolute atomic E-state index is 13.3. The molecule has 0 saturated heterocycles. The number of carbonyl (C=O) groups is 1. The highest BCUT2D eigenvalue weighted by Crippen LogP contribution is 2.31. The van der Waals surface area contributed by atoms with E-state index in [9.17, 15) is 9.59 Å². The molecule has 5 nitrogen and oxygen atoms in total. The van der Waals surface area contributed by atoms with Gasteiger partial charge in [0.15, 0.2) is 17.3 Å². The third-order valence-corrected chi connectivity index (χ3v) is 5.31. The monoisotopic (exact) mass is 425 g/mol. The number of pyridine rings is 1. The van der Waals surface area contributed by atoms with Crippen LogP contribution in [0.5, 0.6) is 11.5 Å². The van der Waals surface area contributed by atoms with E-state index in [-0.39, 0.29) is 11.3 Å². The number of methoxy groups -OCH3 is 2. The lowest BCUT2D eigenvalue weighted by atomic mass is 9.93. The Labute approximate surface area is 185 Å². The van der Waals surface area contributed by atoms with Crippen molar-refractivity contribution in [1.29, 1.82) is 0 Å². The van der Waals surface area contributed by atoms with Gasteiger partial charge < -0.3 is 14.5 Å². The van der Waals surface area contributed by atoms with Crippen LogP contribution in [0, 0.1) is 6.92 Å². The number of hydrogen-bond donors (Lipinski definition) is 1. The van der Waals surface area contributed by atoms with Crippen molar-refractivity contribution in [3.05, 3.63) is 99.9 Å². The number of ether oxygens (including phenoxy) is 2. The summed E-state index contributed by atoms with van der Waals surface area (Å²) in [6.07, 6.45) is 3.08. The van der Waals surface area contributed by atoms with Gasteiger partial charge in [-0.15, -0.1) is 0 Å². The predicted octanol–water partition coefficient (Wildman–Crippen LogP) is 5.42. The van der Waals surface area contributed by atoms with Gasteiger partial charge in [-0.1, -0.05) is 54.1 Å². The van der Waals surface area contributed by atoms with Crippen molar-refractivity contribution in [1.82, 2.24) is 4.98 Å². The van der Waals surface area contributed by atoms with Crippen LogP contribution in [0.25, 0.3) is 28.1 Å². The molecule has 160 valence electrons. The first-order valence-electron chi connectivity index (χ1n) is 10.2. The second kappa shape index (κ2) is 8.94. The van der Waals surface area contributed by atoms with Crippen LogP contribution in [0.3, 0.4) is 0 Å². The molecule has 4 rings (SSSR count). The highest BCUT2D eigenvalue weighted by Gasteiger charge is 2.19. The summed E-state index contributed by atoms with van der Waals surface area (Å²) >= 11 is 0. The van der Waals surface area contributed by atoms with Crippen LogP contribution >= 0.6 is 0 Å². The largest absolute Gasteiger partial charge is 0.493 e. The van der Waals surface area contributed by atoms with Crippen molar-refractivity contribution in [3.8, 4) is 22.6 Å². The summed E-state index contributed by atoms with van der Waals surface area (Å²) in [6.45, 7) is 1.98. The normalized spacial score (nSPS) is 11.1. The molecular weight excluding hydrogens is 402 g/mol. The Hall–Kier alpha value is -4.12. The van der Waals surface area contributed by atoms with E-state index in [0.29, 0.717) is 22.6 Å². The molecular formula is C27H23NO4. The number of nitrogens with one attached hydrogen (secondary N) is 1. The first kappa shape index (κ1) is 21.1. The summed E-state index contributed by atoms with van der Waals surface area (Å²) in [5.74, 6) is 0.790. The molecule has 0 aliphatic rings. The number of hydrogen-bond acceptors (Lipinski definition) is 4. The fraction of sp³-hybridized carbons (Fsp3) is 0.111. The maximum atomic E-state index is 13.3. The van der Waals surface area contributed by atoms with E-state index in [1.165, 1.54) is 6.08 Å². The average molecular weight is 425 g/mol. The van der Waals surface area contributed by atoms with Crippen molar-refractivity contribution < 1.29 is 14.3 Å². The van der Waals surface area contributed by atoms with Gasteiger partial charge in [-0.3, -0.25) is 9.59 Å². The highest BCUT2D eigenvalue weighted by atomic mass is 16.5. The Morgan fingerprint density at radius 3 is 2.38 bits per heavy atom. The number of ketones is 1. The van der Waals surface area contributed by atoms with Crippen molar-refractivity contribution >= 4 is 22.8 Å². The van der Waals surface area contributed by atoms with Crippen molar-refractivity contribution in [2.45, 2.75) is 6.92 Å². The average Bonchev–Trinajstić information content (AvgIpc) is 2.82. The van der Waals surface area contributed by atoms with Gasteiger partial charge >= 0.3 is 0 Å². The minimum absolute atomic E-state index is 0.117. The molecule has 3 aromatic carbocycles. The molecule has 0 bridgehead atoms. The summed E-state index contributed by atoms with van der Waals surface area (Å²) in [5, 5.41) is 0.832. The van der Waals surface area contributed by atoms with Crippen LogP contribution in [0.2, 0.25) is 0 Å². The Morgan fingerprint density at radius 2 is 1.66 bits per heavy atom. The third-order valence-electron chi connectivity index (χ3n) is 5.31. The molecule has 0 aliphatic heterocycles. The van der Waals surface area contributed by atoms with Crippen LogP contribution in [-0.4, -0.2) is 25.0 Å². The summed E-state index contributed by atoms with van der Waals surface area (Å²) in [7, 11) is 3.12. The topological polar surface area (TPSA) is 68.4 Å². The predicted molar refractivity (Wildman–Crippen MR) is 128 cm³/mol. The maximum Gasteiger partial charge on any atom is 0.260 e. The number of H-pyrrole nitrogens is 1. The molecule has 32 heavy (non-hydrogen) atoms. The molecule has 0 radical (unpaired) electrons. The van der Waals surface area contributed by atoms with E-state index < -0.39 is 5.56 Å². The molecule has 0 saturated carbocycles. The number of fused-ring (bicyclic) bond motifs is 1. The van der Waals surface area contributed by atoms with Gasteiger partial charge in [-0.05, 0) is 48.4 Å². The standard InChI is InChI=1S/C27H23NO4/c1-17-9-12-21-20(15-17)25(19-7-5-4-6-8-19)26(27(30)28-21)22(29)13-10-18-11-14-23(31-2)24(16-18)32-3/h4-16H,1-3H3,(H,28,30)/b13-10+. The number of rotatable bonds is 6. The molecule has 0 spiro atoms. The summed E-state index contributed by atoms with van der Waals surface area (Å²) in [6, 6.07) is 20.7. The molecule has 1 aromatic heterocycles. The first-order chi connectivity index (χ1) is 15.5. The zero-order valence-electron chi connectivity index (χ0n) is 18.1. The zero-order valence-corrected chi connectivity index (χ0v) is 18.1.